The van der Waals surface area contributed by atoms with Crippen molar-refractivity contribution in [1.29, 1.82) is 0 Å². The second kappa shape index (κ2) is 6.31. The first-order valence-corrected chi connectivity index (χ1v) is 6.86. The van der Waals surface area contributed by atoms with Crippen molar-refractivity contribution < 1.29 is 9.53 Å². The van der Waals surface area contributed by atoms with Crippen LogP contribution >= 0.6 is 0 Å². The fraction of sp³-hybridized carbons (Fsp3) is 0.235. The van der Waals surface area contributed by atoms with Crippen LogP contribution in [0.5, 0.6) is 5.75 Å². The minimum absolute atomic E-state index is 0.243. The van der Waals surface area contributed by atoms with Crippen LogP contribution in [0, 0.1) is 0 Å². The summed E-state index contributed by atoms with van der Waals surface area (Å²) in [7, 11) is 1.53. The molecule has 0 aliphatic carbocycles. The molecule has 2 rings (SSSR count). The summed E-state index contributed by atoms with van der Waals surface area (Å²) in [5.41, 5.74) is 8.62. The minimum Gasteiger partial charge on any atom is -0.495 e. The van der Waals surface area contributed by atoms with E-state index in [-0.39, 0.29) is 5.91 Å². The van der Waals surface area contributed by atoms with Crippen LogP contribution in [0.25, 0.3) is 0 Å². The number of anilines is 2. The Balaban J connectivity index is 2.24. The number of benzene rings is 2. The van der Waals surface area contributed by atoms with Gasteiger partial charge in [0.2, 0.25) is 0 Å². The Hall–Kier alpha value is -2.49. The number of carbonyl (C=O) groups excluding carboxylic acids is 1. The van der Waals surface area contributed by atoms with E-state index in [1.807, 2.05) is 24.3 Å². The second-order valence-electron chi connectivity index (χ2n) is 5.16. The summed E-state index contributed by atoms with van der Waals surface area (Å²) >= 11 is 0. The van der Waals surface area contributed by atoms with E-state index in [4.69, 9.17) is 10.5 Å². The molecule has 0 unspecified atom stereocenters. The number of nitrogens with one attached hydrogen (secondary N) is 1. The SMILES string of the molecule is COc1cccc(C(=O)Nc2cccc(C(C)C)c2)c1N. The lowest BCUT2D eigenvalue weighted by Crippen LogP contribution is -2.14. The van der Waals surface area contributed by atoms with Gasteiger partial charge in [-0.05, 0) is 35.7 Å². The molecule has 0 heterocycles. The molecule has 4 nitrogen and oxygen atoms in total. The van der Waals surface area contributed by atoms with Gasteiger partial charge in [0.1, 0.15) is 5.75 Å². The smallest absolute Gasteiger partial charge is 0.257 e. The normalized spacial score (nSPS) is 10.5. The van der Waals surface area contributed by atoms with Crippen molar-refractivity contribution in [1.82, 2.24) is 0 Å². The van der Waals surface area contributed by atoms with E-state index in [1.54, 1.807) is 18.2 Å². The molecule has 2 aromatic rings. The number of amides is 1. The second-order valence-corrected chi connectivity index (χ2v) is 5.16. The van der Waals surface area contributed by atoms with Crippen LogP contribution in [0.15, 0.2) is 42.5 Å². The summed E-state index contributed by atoms with van der Waals surface area (Å²) in [5.74, 6) is 0.662. The summed E-state index contributed by atoms with van der Waals surface area (Å²) in [6.45, 7) is 4.22. The highest BCUT2D eigenvalue weighted by Crippen LogP contribution is 2.26. The molecule has 110 valence electrons. The van der Waals surface area contributed by atoms with E-state index >= 15 is 0 Å². The van der Waals surface area contributed by atoms with Gasteiger partial charge in [-0.15, -0.1) is 0 Å². The quantitative estimate of drug-likeness (QED) is 0.842. The standard InChI is InChI=1S/C17H20N2O2/c1-11(2)12-6-4-7-13(10-12)19-17(20)14-8-5-9-15(21-3)16(14)18/h4-11H,18H2,1-3H3,(H,19,20). The van der Waals surface area contributed by atoms with Crippen molar-refractivity contribution in [2.45, 2.75) is 19.8 Å². The zero-order chi connectivity index (χ0) is 15.4. The molecule has 0 spiro atoms. The van der Waals surface area contributed by atoms with Crippen LogP contribution in [0.3, 0.4) is 0 Å². The fourth-order valence-electron chi connectivity index (χ4n) is 2.09. The van der Waals surface area contributed by atoms with Crippen molar-refractivity contribution in [3.05, 3.63) is 53.6 Å². The molecule has 4 heteroatoms. The molecule has 0 saturated carbocycles. The van der Waals surface area contributed by atoms with Gasteiger partial charge < -0.3 is 15.8 Å². The summed E-state index contributed by atoms with van der Waals surface area (Å²) in [6.07, 6.45) is 0. The van der Waals surface area contributed by atoms with Crippen LogP contribution in [0.4, 0.5) is 11.4 Å². The zero-order valence-corrected chi connectivity index (χ0v) is 12.5. The lowest BCUT2D eigenvalue weighted by Gasteiger charge is -2.12. The molecule has 0 bridgehead atoms. The van der Waals surface area contributed by atoms with Gasteiger partial charge in [-0.1, -0.05) is 32.0 Å². The average molecular weight is 284 g/mol. The number of hydrogen-bond donors (Lipinski definition) is 2. The predicted octanol–water partition coefficient (Wildman–Crippen LogP) is 3.65. The van der Waals surface area contributed by atoms with E-state index < -0.39 is 0 Å². The molecule has 0 saturated heterocycles. The summed E-state index contributed by atoms with van der Waals surface area (Å²) in [5, 5.41) is 2.87. The summed E-state index contributed by atoms with van der Waals surface area (Å²) in [6, 6.07) is 13.0. The van der Waals surface area contributed by atoms with Crippen molar-refractivity contribution in [3.63, 3.8) is 0 Å². The molecule has 0 atom stereocenters. The predicted molar refractivity (Wildman–Crippen MR) is 85.9 cm³/mol. The third kappa shape index (κ3) is 3.34. The Morgan fingerprint density at radius 3 is 2.57 bits per heavy atom. The van der Waals surface area contributed by atoms with E-state index in [2.05, 4.69) is 19.2 Å². The molecule has 0 aromatic heterocycles. The molecule has 21 heavy (non-hydrogen) atoms. The van der Waals surface area contributed by atoms with Gasteiger partial charge in [-0.2, -0.15) is 0 Å². The highest BCUT2D eigenvalue weighted by Gasteiger charge is 2.13. The Labute approximate surface area is 124 Å². The van der Waals surface area contributed by atoms with E-state index in [1.165, 1.54) is 12.7 Å². The number of ether oxygens (including phenoxy) is 1. The summed E-state index contributed by atoms with van der Waals surface area (Å²) in [4.78, 5) is 12.3. The molecule has 2 aromatic carbocycles. The molecule has 0 aliphatic rings. The number of methoxy groups -OCH3 is 1. The van der Waals surface area contributed by atoms with Crippen molar-refractivity contribution in [3.8, 4) is 5.75 Å². The van der Waals surface area contributed by atoms with Gasteiger partial charge in [0.15, 0.2) is 0 Å². The average Bonchev–Trinajstić information content (AvgIpc) is 2.47. The monoisotopic (exact) mass is 284 g/mol. The third-order valence-electron chi connectivity index (χ3n) is 3.34. The van der Waals surface area contributed by atoms with Gasteiger partial charge in [0, 0.05) is 5.69 Å². The summed E-state index contributed by atoms with van der Waals surface area (Å²) < 4.78 is 5.13. The van der Waals surface area contributed by atoms with Gasteiger partial charge in [-0.3, -0.25) is 4.79 Å². The largest absolute Gasteiger partial charge is 0.495 e. The number of nitrogen functional groups attached to an aromatic ring is 1. The highest BCUT2D eigenvalue weighted by atomic mass is 16.5. The first-order valence-electron chi connectivity index (χ1n) is 6.86. The van der Waals surface area contributed by atoms with Crippen LogP contribution < -0.4 is 15.8 Å². The Bertz CT molecular complexity index is 651. The van der Waals surface area contributed by atoms with E-state index in [0.29, 0.717) is 22.9 Å². The zero-order valence-electron chi connectivity index (χ0n) is 12.5. The first kappa shape index (κ1) is 14.9. The lowest BCUT2D eigenvalue weighted by atomic mass is 10.0. The fourth-order valence-corrected chi connectivity index (χ4v) is 2.09. The van der Waals surface area contributed by atoms with Gasteiger partial charge in [-0.25, -0.2) is 0 Å². The Morgan fingerprint density at radius 1 is 1.19 bits per heavy atom. The highest BCUT2D eigenvalue weighted by molar-refractivity contribution is 6.08. The van der Waals surface area contributed by atoms with Crippen LogP contribution in [0.2, 0.25) is 0 Å². The van der Waals surface area contributed by atoms with Crippen molar-refractivity contribution in [2.24, 2.45) is 0 Å². The number of nitrogens with two attached hydrogens (primary N) is 1. The van der Waals surface area contributed by atoms with Gasteiger partial charge in [0.25, 0.3) is 5.91 Å². The maximum atomic E-state index is 12.3. The molecule has 3 N–H and O–H groups in total. The third-order valence-corrected chi connectivity index (χ3v) is 3.34. The Kier molecular flexibility index (Phi) is 4.48. The first-order chi connectivity index (χ1) is 10.0. The number of para-hydroxylation sites is 1. The van der Waals surface area contributed by atoms with Crippen LogP contribution in [-0.2, 0) is 0 Å². The van der Waals surface area contributed by atoms with E-state index in [0.717, 1.165) is 5.69 Å². The van der Waals surface area contributed by atoms with E-state index in [9.17, 15) is 4.79 Å². The number of carbonyl (C=O) groups is 1. The van der Waals surface area contributed by atoms with Crippen molar-refractivity contribution >= 4 is 17.3 Å². The molecular formula is C17H20N2O2. The lowest BCUT2D eigenvalue weighted by molar-refractivity contribution is 0.102. The maximum Gasteiger partial charge on any atom is 0.257 e. The molecule has 0 aliphatic heterocycles. The van der Waals surface area contributed by atoms with Crippen LogP contribution in [-0.4, -0.2) is 13.0 Å². The number of rotatable bonds is 4. The van der Waals surface area contributed by atoms with Crippen molar-refractivity contribution in [2.75, 3.05) is 18.2 Å². The molecule has 0 fully saturated rings. The molecule has 0 radical (unpaired) electrons. The molecular weight excluding hydrogens is 264 g/mol. The topological polar surface area (TPSA) is 64.3 Å². The number of hydrogen-bond acceptors (Lipinski definition) is 3. The minimum atomic E-state index is -0.243. The van der Waals surface area contributed by atoms with Gasteiger partial charge in [0.05, 0.1) is 18.4 Å². The molecule has 1 amide bonds. The van der Waals surface area contributed by atoms with Gasteiger partial charge >= 0.3 is 0 Å². The Morgan fingerprint density at radius 2 is 1.90 bits per heavy atom. The maximum absolute atomic E-state index is 12.3. The van der Waals surface area contributed by atoms with Crippen LogP contribution in [0.1, 0.15) is 35.7 Å².